The van der Waals surface area contributed by atoms with Crippen LogP contribution in [0, 0.1) is 0 Å². The molecule has 0 spiro atoms. The van der Waals surface area contributed by atoms with Crippen LogP contribution in [-0.2, 0) is 11.3 Å². The first kappa shape index (κ1) is 13.4. The molecule has 0 bridgehead atoms. The zero-order valence-electron chi connectivity index (χ0n) is 10.5. The number of carbonyl (C=O) groups is 1. The van der Waals surface area contributed by atoms with E-state index < -0.39 is 5.97 Å². The Kier molecular flexibility index (Phi) is 4.35. The first-order valence-electron chi connectivity index (χ1n) is 5.78. The SMILES string of the molecule is CCOc1cc(N)cc(C(=O)OCc2nccs2)c1. The maximum Gasteiger partial charge on any atom is 0.338 e. The topological polar surface area (TPSA) is 74.4 Å². The summed E-state index contributed by atoms with van der Waals surface area (Å²) < 4.78 is 10.5. The third kappa shape index (κ3) is 3.69. The molecule has 0 saturated carbocycles. The van der Waals surface area contributed by atoms with Gasteiger partial charge in [-0.15, -0.1) is 11.3 Å². The predicted molar refractivity (Wildman–Crippen MR) is 73.3 cm³/mol. The quantitative estimate of drug-likeness (QED) is 0.671. The highest BCUT2D eigenvalue weighted by atomic mass is 32.1. The second-order valence-corrected chi connectivity index (χ2v) is 4.70. The van der Waals surface area contributed by atoms with Gasteiger partial charge in [-0.1, -0.05) is 0 Å². The maximum absolute atomic E-state index is 11.9. The highest BCUT2D eigenvalue weighted by Gasteiger charge is 2.11. The van der Waals surface area contributed by atoms with E-state index in [0.29, 0.717) is 23.6 Å². The van der Waals surface area contributed by atoms with Crippen molar-refractivity contribution in [3.8, 4) is 5.75 Å². The van der Waals surface area contributed by atoms with Gasteiger partial charge in [0.25, 0.3) is 0 Å². The van der Waals surface area contributed by atoms with E-state index in [4.69, 9.17) is 15.2 Å². The highest BCUT2D eigenvalue weighted by molar-refractivity contribution is 7.09. The van der Waals surface area contributed by atoms with E-state index in [1.165, 1.54) is 11.3 Å². The Hall–Kier alpha value is -2.08. The second-order valence-electron chi connectivity index (χ2n) is 3.73. The van der Waals surface area contributed by atoms with Gasteiger partial charge in [-0.3, -0.25) is 0 Å². The number of benzene rings is 1. The lowest BCUT2D eigenvalue weighted by Crippen LogP contribution is -2.06. The molecule has 19 heavy (non-hydrogen) atoms. The van der Waals surface area contributed by atoms with Crippen LogP contribution in [0.4, 0.5) is 5.69 Å². The van der Waals surface area contributed by atoms with Crippen molar-refractivity contribution in [2.45, 2.75) is 13.5 Å². The molecular formula is C13H14N2O3S. The third-order valence-electron chi connectivity index (χ3n) is 2.29. The number of carbonyl (C=O) groups excluding carboxylic acids is 1. The number of thiazole rings is 1. The molecule has 6 heteroatoms. The Morgan fingerprint density at radius 1 is 1.42 bits per heavy atom. The van der Waals surface area contributed by atoms with Crippen molar-refractivity contribution < 1.29 is 14.3 Å². The molecule has 2 rings (SSSR count). The molecule has 0 aliphatic rings. The number of aromatic nitrogens is 1. The van der Waals surface area contributed by atoms with Crippen LogP contribution in [0.25, 0.3) is 0 Å². The van der Waals surface area contributed by atoms with Gasteiger partial charge in [-0.2, -0.15) is 0 Å². The second kappa shape index (κ2) is 6.19. The van der Waals surface area contributed by atoms with Crippen LogP contribution in [-0.4, -0.2) is 17.6 Å². The maximum atomic E-state index is 11.9. The minimum Gasteiger partial charge on any atom is -0.494 e. The van der Waals surface area contributed by atoms with Crippen LogP contribution in [0.5, 0.6) is 5.75 Å². The molecule has 100 valence electrons. The summed E-state index contributed by atoms with van der Waals surface area (Å²) >= 11 is 1.44. The molecule has 1 aromatic carbocycles. The normalized spacial score (nSPS) is 10.2. The number of esters is 1. The van der Waals surface area contributed by atoms with Gasteiger partial charge >= 0.3 is 5.97 Å². The van der Waals surface area contributed by atoms with Gasteiger partial charge in [0, 0.05) is 23.3 Å². The van der Waals surface area contributed by atoms with E-state index in [1.54, 1.807) is 24.4 Å². The van der Waals surface area contributed by atoms with E-state index in [0.717, 1.165) is 5.01 Å². The average molecular weight is 278 g/mol. The van der Waals surface area contributed by atoms with Crippen molar-refractivity contribution >= 4 is 23.0 Å². The van der Waals surface area contributed by atoms with E-state index in [-0.39, 0.29) is 6.61 Å². The van der Waals surface area contributed by atoms with Gasteiger partial charge in [-0.25, -0.2) is 9.78 Å². The number of anilines is 1. The lowest BCUT2D eigenvalue weighted by molar-refractivity contribution is 0.0472. The van der Waals surface area contributed by atoms with Gasteiger partial charge < -0.3 is 15.2 Å². The summed E-state index contributed by atoms with van der Waals surface area (Å²) in [7, 11) is 0. The van der Waals surface area contributed by atoms with Crippen molar-refractivity contribution in [3.63, 3.8) is 0 Å². The molecule has 0 atom stereocenters. The van der Waals surface area contributed by atoms with Gasteiger partial charge in [0.2, 0.25) is 0 Å². The van der Waals surface area contributed by atoms with E-state index in [9.17, 15) is 4.79 Å². The number of rotatable bonds is 5. The molecule has 2 aromatic rings. The molecule has 5 nitrogen and oxygen atoms in total. The minimum atomic E-state index is -0.441. The summed E-state index contributed by atoms with van der Waals surface area (Å²) in [6.07, 6.45) is 1.67. The standard InChI is InChI=1S/C13H14N2O3S/c1-2-17-11-6-9(5-10(14)7-11)13(16)18-8-12-15-3-4-19-12/h3-7H,2,8,14H2,1H3. The fourth-order valence-electron chi connectivity index (χ4n) is 1.52. The number of nitrogens with two attached hydrogens (primary N) is 1. The van der Waals surface area contributed by atoms with Crippen LogP contribution in [0.1, 0.15) is 22.3 Å². The molecule has 0 fully saturated rings. The largest absolute Gasteiger partial charge is 0.494 e. The molecule has 0 unspecified atom stereocenters. The van der Waals surface area contributed by atoms with Crippen LogP contribution < -0.4 is 10.5 Å². The highest BCUT2D eigenvalue weighted by Crippen LogP contribution is 2.20. The van der Waals surface area contributed by atoms with E-state index in [1.807, 2.05) is 12.3 Å². The molecule has 2 N–H and O–H groups in total. The lowest BCUT2D eigenvalue weighted by Gasteiger charge is -2.07. The number of hydrogen-bond acceptors (Lipinski definition) is 6. The lowest BCUT2D eigenvalue weighted by atomic mass is 10.2. The van der Waals surface area contributed by atoms with Crippen LogP contribution in [0.15, 0.2) is 29.8 Å². The first-order valence-corrected chi connectivity index (χ1v) is 6.66. The number of ether oxygens (including phenoxy) is 2. The zero-order chi connectivity index (χ0) is 13.7. The molecule has 1 heterocycles. The number of hydrogen-bond donors (Lipinski definition) is 1. The zero-order valence-corrected chi connectivity index (χ0v) is 11.3. The van der Waals surface area contributed by atoms with Crippen LogP contribution in [0.3, 0.4) is 0 Å². The summed E-state index contributed by atoms with van der Waals surface area (Å²) in [5, 5.41) is 2.58. The molecule has 0 aliphatic heterocycles. The van der Waals surface area contributed by atoms with Crippen molar-refractivity contribution in [2.24, 2.45) is 0 Å². The third-order valence-corrected chi connectivity index (χ3v) is 3.04. The summed E-state index contributed by atoms with van der Waals surface area (Å²) in [5.74, 6) is 0.118. The van der Waals surface area contributed by atoms with Gasteiger partial charge in [0.05, 0.1) is 12.2 Å². The van der Waals surface area contributed by atoms with Crippen molar-refractivity contribution in [1.29, 1.82) is 0 Å². The summed E-state index contributed by atoms with van der Waals surface area (Å²) in [5.41, 5.74) is 6.56. The summed E-state index contributed by atoms with van der Waals surface area (Å²) in [6.45, 7) is 2.54. The Morgan fingerprint density at radius 3 is 2.95 bits per heavy atom. The minimum absolute atomic E-state index is 0.162. The summed E-state index contributed by atoms with van der Waals surface area (Å²) in [6, 6.07) is 4.85. The van der Waals surface area contributed by atoms with Crippen molar-refractivity contribution in [3.05, 3.63) is 40.3 Å². The molecule has 0 aliphatic carbocycles. The Morgan fingerprint density at radius 2 is 2.26 bits per heavy atom. The number of nitrogen functional groups attached to an aromatic ring is 1. The Bertz CT molecular complexity index is 555. The number of nitrogens with zero attached hydrogens (tertiary/aromatic N) is 1. The fourth-order valence-corrected chi connectivity index (χ4v) is 2.05. The van der Waals surface area contributed by atoms with Gasteiger partial charge in [-0.05, 0) is 19.1 Å². The average Bonchev–Trinajstić information content (AvgIpc) is 2.88. The molecule has 0 radical (unpaired) electrons. The molecule has 0 saturated heterocycles. The van der Waals surface area contributed by atoms with Gasteiger partial charge in [0.1, 0.15) is 17.4 Å². The molecule has 0 amide bonds. The van der Waals surface area contributed by atoms with Gasteiger partial charge in [0.15, 0.2) is 0 Å². The smallest absolute Gasteiger partial charge is 0.338 e. The fraction of sp³-hybridized carbons (Fsp3) is 0.231. The Labute approximate surface area is 115 Å². The predicted octanol–water partition coefficient (Wildman–Crippen LogP) is 2.48. The molecule has 1 aromatic heterocycles. The van der Waals surface area contributed by atoms with E-state index in [2.05, 4.69) is 4.98 Å². The van der Waals surface area contributed by atoms with Crippen molar-refractivity contribution in [2.75, 3.05) is 12.3 Å². The Balaban J connectivity index is 2.05. The van der Waals surface area contributed by atoms with Crippen molar-refractivity contribution in [1.82, 2.24) is 4.98 Å². The first-order chi connectivity index (χ1) is 9.19. The van der Waals surface area contributed by atoms with Crippen LogP contribution in [0.2, 0.25) is 0 Å². The monoisotopic (exact) mass is 278 g/mol. The van der Waals surface area contributed by atoms with Crippen LogP contribution >= 0.6 is 11.3 Å². The summed E-state index contributed by atoms with van der Waals surface area (Å²) in [4.78, 5) is 15.9. The van der Waals surface area contributed by atoms with E-state index >= 15 is 0 Å². The molecular weight excluding hydrogens is 264 g/mol.